The second-order valence-corrected chi connectivity index (χ2v) is 26.4. The van der Waals surface area contributed by atoms with E-state index in [2.05, 4.69) is 21.3 Å². The Morgan fingerprint density at radius 2 is 1.62 bits per heavy atom. The Morgan fingerprint density at radius 3 is 2.27 bits per heavy atom. The number of aliphatic hydroxyl groups excluding tert-OH is 3. The van der Waals surface area contributed by atoms with E-state index in [0.29, 0.717) is 36.3 Å². The maximum atomic E-state index is 15.1. The van der Waals surface area contributed by atoms with Crippen molar-refractivity contribution in [3.05, 3.63) is 109 Å². The molecule has 4 aromatic carbocycles. The number of aromatic nitrogens is 1. The van der Waals surface area contributed by atoms with Gasteiger partial charge in [0.25, 0.3) is 5.91 Å². The van der Waals surface area contributed by atoms with Crippen molar-refractivity contribution >= 4 is 85.6 Å². The first kappa shape index (κ1) is 75.4. The molecule has 0 spiro atoms. The number of phenols is 1. The molecule has 2 aliphatic heterocycles. The zero-order valence-electron chi connectivity index (χ0n) is 57.7. The molecule has 0 fully saturated rings. The maximum Gasteiger partial charge on any atom is 0.312 e. The predicted molar refractivity (Wildman–Crippen MR) is 364 cm³/mol. The Labute approximate surface area is 562 Å². The van der Waals surface area contributed by atoms with Crippen LogP contribution in [0.25, 0.3) is 38.7 Å². The third-order valence-corrected chi connectivity index (χ3v) is 18.1. The number of ether oxygens (including phenoxy) is 6. The number of nitrogens with two attached hydrogens (primary N) is 1. The number of primary amides is 1. The van der Waals surface area contributed by atoms with Crippen LogP contribution in [0.5, 0.6) is 17.2 Å². The van der Waals surface area contributed by atoms with Gasteiger partial charge in [0.15, 0.2) is 28.2 Å². The van der Waals surface area contributed by atoms with Crippen LogP contribution in [-0.4, -0.2) is 156 Å². The summed E-state index contributed by atoms with van der Waals surface area (Å²) in [6.07, 6.45) is 3.71. The second kappa shape index (κ2) is 32.4. The smallest absolute Gasteiger partial charge is 0.312 e. The van der Waals surface area contributed by atoms with Crippen molar-refractivity contribution < 1.29 is 86.5 Å². The molecule has 26 heteroatoms. The van der Waals surface area contributed by atoms with Gasteiger partial charge < -0.3 is 84.7 Å². The van der Waals surface area contributed by atoms with Crippen LogP contribution in [-0.2, 0) is 49.5 Å². The first-order valence-corrected chi connectivity index (χ1v) is 32.6. The number of carbonyl (C=O) groups is 6. The SMILES string of the molecule is CCOCCC(=O)N[C@H](C(=O)C[C@@H](CCCNC(N)=O)C(=O)Nc1ccc(C[N+](C)(C)CCOc2cc(=O)c3nc4c(oc3c2)c2c(=O)c3c(O)c(C)c5c(c34)=C(O)[C@@](C)(O/C=C/[C@H](OC)[C@@H](C)[C@@H](OC(C)=O)[C@H](C)[C@H](O)[C@H](C)[C@@H](O)[C@@H](C)/C=C/C=C(/C)C(=O)N2)O5)cc1)C(C)C. The monoisotopic (exact) mass is 1350 g/mol. The number of methoxy groups -OCH3 is 1. The fourth-order valence-electron chi connectivity index (χ4n) is 12.3. The third kappa shape index (κ3) is 18.0. The van der Waals surface area contributed by atoms with Crippen LogP contribution in [0.2, 0.25) is 0 Å². The number of nitrogens with one attached hydrogen (secondary N) is 4. The number of rotatable bonds is 23. The molecule has 0 aliphatic carbocycles. The normalized spacial score (nSPS) is 23.6. The van der Waals surface area contributed by atoms with Gasteiger partial charge in [-0.2, -0.15) is 0 Å². The summed E-state index contributed by atoms with van der Waals surface area (Å²) in [5.74, 6) is -9.53. The molecule has 0 saturated heterocycles. The molecular weight excluding hydrogens is 1250 g/mol. The number of aliphatic hydroxyl groups is 3. The molecular formula is C71H94N7O19+. The molecule has 11 atom stereocenters. The number of amides is 5. The summed E-state index contributed by atoms with van der Waals surface area (Å²) in [5.41, 5.74) is 3.63. The summed E-state index contributed by atoms with van der Waals surface area (Å²) in [6, 6.07) is 8.29. The quantitative estimate of drug-likeness (QED) is 0.0107. The average molecular weight is 1350 g/mol. The summed E-state index contributed by atoms with van der Waals surface area (Å²) in [6.45, 7) is 19.6. The van der Waals surface area contributed by atoms with Gasteiger partial charge in [0, 0.05) is 116 Å². The van der Waals surface area contributed by atoms with Crippen molar-refractivity contribution in [1.29, 1.82) is 0 Å². The van der Waals surface area contributed by atoms with Crippen molar-refractivity contribution in [1.82, 2.24) is 15.6 Å². The molecule has 97 heavy (non-hydrogen) atoms. The lowest BCUT2D eigenvalue weighted by molar-refractivity contribution is -0.903. The van der Waals surface area contributed by atoms with Gasteiger partial charge in [-0.1, -0.05) is 71.9 Å². The molecule has 5 aromatic rings. The minimum atomic E-state index is -2.06. The number of Topliss-reactive ketones (excluding diaryl/α,β-unsaturated/α-hetero) is 1. The molecule has 5 amide bonds. The second-order valence-electron chi connectivity index (χ2n) is 26.4. The highest BCUT2D eigenvalue weighted by molar-refractivity contribution is 6.17. The van der Waals surface area contributed by atoms with Crippen LogP contribution in [0.3, 0.4) is 0 Å². The number of allylic oxidation sites excluding steroid dienone is 2. The number of benzene rings is 4. The molecule has 0 unspecified atom stereocenters. The number of nitrogens with zero attached hydrogens (tertiary/aromatic N) is 2. The van der Waals surface area contributed by atoms with Gasteiger partial charge in [-0.3, -0.25) is 33.6 Å². The summed E-state index contributed by atoms with van der Waals surface area (Å²) in [5, 5.41) is 57.7. The number of phenolic OH excluding ortho intramolecular Hbond substituents is 1. The highest BCUT2D eigenvalue weighted by atomic mass is 16.7. The van der Waals surface area contributed by atoms with Crippen molar-refractivity contribution in [2.75, 3.05) is 64.7 Å². The van der Waals surface area contributed by atoms with E-state index in [1.165, 1.54) is 71.4 Å². The van der Waals surface area contributed by atoms with Gasteiger partial charge >= 0.3 is 17.8 Å². The molecule has 0 radical (unpaired) electrons. The lowest BCUT2D eigenvalue weighted by Gasteiger charge is -2.38. The lowest BCUT2D eigenvalue weighted by atomic mass is 9.78. The molecule has 5 bridgehead atoms. The molecule has 526 valence electrons. The Kier molecular flexibility index (Phi) is 25.2. The number of carbonyl (C=O) groups excluding carboxylic acids is 6. The third-order valence-electron chi connectivity index (χ3n) is 18.1. The van der Waals surface area contributed by atoms with Gasteiger partial charge in [0.1, 0.15) is 54.3 Å². The molecule has 0 saturated carbocycles. The molecule has 7 rings (SSSR count). The Morgan fingerprint density at radius 1 is 0.918 bits per heavy atom. The number of hydrogen-bond acceptors (Lipinski definition) is 20. The molecule has 1 aromatic heterocycles. The number of hydrogen-bond donors (Lipinski definition) is 9. The molecule has 3 heterocycles. The molecule has 26 nitrogen and oxygen atoms in total. The Bertz CT molecular complexity index is 4030. The summed E-state index contributed by atoms with van der Waals surface area (Å²) in [4.78, 5) is 113. The van der Waals surface area contributed by atoms with Crippen molar-refractivity contribution in [3.8, 4) is 17.2 Å². The van der Waals surface area contributed by atoms with Crippen molar-refractivity contribution in [2.45, 2.75) is 145 Å². The largest absolute Gasteiger partial charge is 0.507 e. The van der Waals surface area contributed by atoms with Crippen LogP contribution in [0.15, 0.2) is 86.5 Å². The summed E-state index contributed by atoms with van der Waals surface area (Å²) >= 11 is 0. The zero-order valence-corrected chi connectivity index (χ0v) is 57.7. The van der Waals surface area contributed by atoms with Crippen LogP contribution >= 0.6 is 0 Å². The first-order chi connectivity index (χ1) is 45.7. The standard InChI is InChI=1S/C71H93N7O19/c1-15-92-29-26-52(82)75-56(36(2)3)48(80)32-45(20-17-27-73-70(72)90)69(89)74-46-23-21-44(22-24-46)35-78(12,13)28-31-93-47-33-49(81)57-51(34-47)96-66-58(76-57)53-54-62(85)42(9)65-55(53)67(87)71(11,97-65)94-30-25-50(91-14)39(6)64(95-43(10)79)41(8)61(84)40(7)60(83)37(4)18-16-19-38(5)68(88)77-59(66)63(54)86/h16,18-19,21-25,30,33-34,36-37,39-41,45,50,56,60-61,64,83-84H,15,17,20,26-29,31-32,35H2,1-14H3,(H7-,72,73,74,75,76,77,81,82,85,86,87,88,89,90)/p+1/b18-16+,30-25+,38-19-/t37-,39+,40+,41+,45+,50-,56-,60-,61+,64+,71-/m0/s1. The average Bonchev–Trinajstić information content (AvgIpc) is 1.66. The Hall–Kier alpha value is -8.95. The van der Waals surface area contributed by atoms with Crippen molar-refractivity contribution in [3.63, 3.8) is 0 Å². The Balaban J connectivity index is 1.18. The van der Waals surface area contributed by atoms with E-state index in [4.69, 9.17) is 43.6 Å². The lowest BCUT2D eigenvalue weighted by Crippen LogP contribution is -2.46. The van der Waals surface area contributed by atoms with Gasteiger partial charge in [0.2, 0.25) is 22.7 Å². The maximum absolute atomic E-state index is 15.1. The minimum absolute atomic E-state index is 0.00148. The number of aromatic hydroxyl groups is 1. The first-order valence-electron chi connectivity index (χ1n) is 32.6. The van der Waals surface area contributed by atoms with Gasteiger partial charge in [-0.05, 0) is 57.7 Å². The van der Waals surface area contributed by atoms with Crippen LogP contribution in [0.1, 0.15) is 106 Å². The van der Waals surface area contributed by atoms with E-state index in [9.17, 15) is 54.0 Å². The van der Waals surface area contributed by atoms with E-state index >= 15 is 4.79 Å². The highest BCUT2D eigenvalue weighted by Crippen LogP contribution is 2.42. The minimum Gasteiger partial charge on any atom is -0.507 e. The van der Waals surface area contributed by atoms with E-state index in [1.54, 1.807) is 45.9 Å². The van der Waals surface area contributed by atoms with Gasteiger partial charge in [0.05, 0.1) is 61.9 Å². The predicted octanol–water partition coefficient (Wildman–Crippen LogP) is 6.75. The number of ketones is 1. The van der Waals surface area contributed by atoms with E-state index in [0.717, 1.165) is 5.56 Å². The molecule has 10 N–H and O–H groups in total. The number of urea groups is 1. The van der Waals surface area contributed by atoms with Crippen LogP contribution in [0, 0.1) is 42.4 Å². The summed E-state index contributed by atoms with van der Waals surface area (Å²) < 4.78 is 42.5. The van der Waals surface area contributed by atoms with E-state index in [-0.39, 0.29) is 112 Å². The fourth-order valence-corrected chi connectivity index (χ4v) is 12.3. The van der Waals surface area contributed by atoms with E-state index < -0.39 is 123 Å². The summed E-state index contributed by atoms with van der Waals surface area (Å²) in [7, 11) is 5.37. The van der Waals surface area contributed by atoms with Crippen LogP contribution in [0.4, 0.5) is 16.2 Å². The number of likely N-dealkylation sites (N-methyl/N-ethyl adjacent to an activating group) is 1. The fraction of sp³-hybridized carbons (Fsp3) is 0.507. The molecule has 2 aliphatic rings. The number of esters is 1. The van der Waals surface area contributed by atoms with Crippen LogP contribution < -0.4 is 52.6 Å². The number of anilines is 2. The number of quaternary nitrogens is 1. The van der Waals surface area contributed by atoms with Crippen molar-refractivity contribution in [2.24, 2.45) is 41.2 Å². The zero-order chi connectivity index (χ0) is 71.5. The van der Waals surface area contributed by atoms with E-state index in [1.807, 2.05) is 47.0 Å². The number of fused-ring (bicyclic) bond motifs is 5. The van der Waals surface area contributed by atoms with Gasteiger partial charge in [-0.15, -0.1) is 0 Å². The topological polar surface area (TPSA) is 373 Å². The highest BCUT2D eigenvalue weighted by Gasteiger charge is 2.45. The van der Waals surface area contributed by atoms with Gasteiger partial charge in [-0.25, -0.2) is 9.78 Å².